The van der Waals surface area contributed by atoms with Crippen LogP contribution in [0.1, 0.15) is 25.3 Å². The minimum absolute atomic E-state index is 0.111. The summed E-state index contributed by atoms with van der Waals surface area (Å²) < 4.78 is 32.2. The van der Waals surface area contributed by atoms with E-state index in [1.807, 2.05) is 0 Å². The van der Waals surface area contributed by atoms with Gasteiger partial charge in [-0.15, -0.1) is 0 Å². The predicted molar refractivity (Wildman–Crippen MR) is 81.3 cm³/mol. The van der Waals surface area contributed by atoms with E-state index in [0.717, 1.165) is 12.8 Å². The second kappa shape index (κ2) is 9.53. The number of rotatable bonds is 8. The first kappa shape index (κ1) is 17.7. The molecule has 0 aromatic heterocycles. The van der Waals surface area contributed by atoms with Crippen molar-refractivity contribution in [3.05, 3.63) is 29.8 Å². The summed E-state index contributed by atoms with van der Waals surface area (Å²) in [4.78, 5) is 0.111. The normalized spacial score (nSPS) is 11.0. The standard InChI is InChI=1S/C15H21NO4S/c1-2-3-12-20-13-10-16-21(18,19)15-9-5-4-7-14(15)8-6-11-17/h4-5,7,9,16-17H,2-3,10-13H2,1H3. The third-order valence-electron chi connectivity index (χ3n) is 2.66. The molecular formula is C15H21NO4S. The van der Waals surface area contributed by atoms with E-state index < -0.39 is 10.0 Å². The Balaban J connectivity index is 2.66. The monoisotopic (exact) mass is 311 g/mol. The van der Waals surface area contributed by atoms with Crippen LogP contribution in [0.3, 0.4) is 0 Å². The third-order valence-corrected chi connectivity index (χ3v) is 4.18. The smallest absolute Gasteiger partial charge is 0.241 e. The highest BCUT2D eigenvalue weighted by Crippen LogP contribution is 2.13. The molecule has 1 rings (SSSR count). The number of sulfonamides is 1. The van der Waals surface area contributed by atoms with Crippen LogP contribution in [0, 0.1) is 11.8 Å². The van der Waals surface area contributed by atoms with Crippen molar-refractivity contribution in [1.82, 2.24) is 4.72 Å². The molecule has 0 fully saturated rings. The van der Waals surface area contributed by atoms with Gasteiger partial charge in [0, 0.05) is 18.7 Å². The van der Waals surface area contributed by atoms with Gasteiger partial charge in [0.1, 0.15) is 6.61 Å². The van der Waals surface area contributed by atoms with Gasteiger partial charge in [0.15, 0.2) is 0 Å². The Morgan fingerprint density at radius 2 is 2.05 bits per heavy atom. The van der Waals surface area contributed by atoms with Crippen molar-refractivity contribution in [3.63, 3.8) is 0 Å². The molecule has 6 heteroatoms. The highest BCUT2D eigenvalue weighted by atomic mass is 32.2. The third kappa shape index (κ3) is 6.27. The molecule has 0 spiro atoms. The summed E-state index contributed by atoms with van der Waals surface area (Å²) in [6.45, 7) is 2.94. The van der Waals surface area contributed by atoms with Gasteiger partial charge in [-0.3, -0.25) is 0 Å². The van der Waals surface area contributed by atoms with Gasteiger partial charge < -0.3 is 9.84 Å². The Hall–Kier alpha value is -1.39. The molecule has 0 amide bonds. The Bertz CT molecular complexity index is 587. The molecular weight excluding hydrogens is 290 g/mol. The zero-order valence-electron chi connectivity index (χ0n) is 12.1. The molecule has 0 saturated carbocycles. The molecule has 0 radical (unpaired) electrons. The van der Waals surface area contributed by atoms with Crippen molar-refractivity contribution >= 4 is 10.0 Å². The number of hydrogen-bond donors (Lipinski definition) is 2. The van der Waals surface area contributed by atoms with E-state index in [-0.39, 0.29) is 18.0 Å². The van der Waals surface area contributed by atoms with Crippen LogP contribution in [0.4, 0.5) is 0 Å². The molecule has 21 heavy (non-hydrogen) atoms. The van der Waals surface area contributed by atoms with Gasteiger partial charge in [-0.05, 0) is 18.6 Å². The Labute approximate surface area is 126 Å². The van der Waals surface area contributed by atoms with Crippen molar-refractivity contribution in [1.29, 1.82) is 0 Å². The first-order chi connectivity index (χ1) is 10.1. The molecule has 116 valence electrons. The fraction of sp³-hybridized carbons (Fsp3) is 0.467. The molecule has 0 aliphatic rings. The molecule has 1 aromatic carbocycles. The highest BCUT2D eigenvalue weighted by molar-refractivity contribution is 7.89. The Kier molecular flexibility index (Phi) is 8.01. The maximum Gasteiger partial charge on any atom is 0.241 e. The number of unbranched alkanes of at least 4 members (excludes halogenated alkanes) is 1. The van der Waals surface area contributed by atoms with Crippen molar-refractivity contribution in [2.45, 2.75) is 24.7 Å². The number of nitrogens with one attached hydrogen (secondary N) is 1. The molecule has 0 unspecified atom stereocenters. The first-order valence-corrected chi connectivity index (χ1v) is 8.36. The lowest BCUT2D eigenvalue weighted by Gasteiger charge is -2.09. The van der Waals surface area contributed by atoms with Crippen LogP contribution in [0.2, 0.25) is 0 Å². The van der Waals surface area contributed by atoms with E-state index in [1.165, 1.54) is 6.07 Å². The van der Waals surface area contributed by atoms with E-state index >= 15 is 0 Å². The summed E-state index contributed by atoms with van der Waals surface area (Å²) in [6, 6.07) is 6.43. The van der Waals surface area contributed by atoms with E-state index in [1.54, 1.807) is 18.2 Å². The van der Waals surface area contributed by atoms with Crippen molar-refractivity contribution in [3.8, 4) is 11.8 Å². The maximum atomic E-state index is 12.2. The van der Waals surface area contributed by atoms with Crippen LogP contribution in [0.5, 0.6) is 0 Å². The average molecular weight is 311 g/mol. The lowest BCUT2D eigenvalue weighted by atomic mass is 10.2. The quantitative estimate of drug-likeness (QED) is 0.557. The topological polar surface area (TPSA) is 75.6 Å². The summed E-state index contributed by atoms with van der Waals surface area (Å²) >= 11 is 0. The number of ether oxygens (including phenoxy) is 1. The Morgan fingerprint density at radius 1 is 1.29 bits per heavy atom. The van der Waals surface area contributed by atoms with Crippen LogP contribution in [-0.2, 0) is 14.8 Å². The van der Waals surface area contributed by atoms with Gasteiger partial charge in [0.05, 0.1) is 11.5 Å². The number of hydrogen-bond acceptors (Lipinski definition) is 4. The van der Waals surface area contributed by atoms with E-state index in [0.29, 0.717) is 18.8 Å². The fourth-order valence-electron chi connectivity index (χ4n) is 1.61. The van der Waals surface area contributed by atoms with Gasteiger partial charge >= 0.3 is 0 Å². The minimum Gasteiger partial charge on any atom is -0.384 e. The lowest BCUT2D eigenvalue weighted by molar-refractivity contribution is 0.136. The average Bonchev–Trinajstić information content (AvgIpc) is 2.49. The van der Waals surface area contributed by atoms with E-state index in [4.69, 9.17) is 9.84 Å². The van der Waals surface area contributed by atoms with Crippen LogP contribution in [-0.4, -0.2) is 39.9 Å². The van der Waals surface area contributed by atoms with Gasteiger partial charge in [-0.1, -0.05) is 37.3 Å². The molecule has 1 aromatic rings. The molecule has 0 atom stereocenters. The predicted octanol–water partition coefficient (Wildman–Crippen LogP) is 1.13. The second-order valence-corrected chi connectivity index (χ2v) is 6.06. The first-order valence-electron chi connectivity index (χ1n) is 6.88. The van der Waals surface area contributed by atoms with Gasteiger partial charge in [0.2, 0.25) is 10.0 Å². The zero-order chi connectivity index (χ0) is 15.6. The van der Waals surface area contributed by atoms with Gasteiger partial charge in [-0.2, -0.15) is 0 Å². The van der Waals surface area contributed by atoms with Crippen LogP contribution < -0.4 is 4.72 Å². The SMILES string of the molecule is CCCCOCCNS(=O)(=O)c1ccccc1C#CCO. The second-order valence-electron chi connectivity index (χ2n) is 4.32. The molecule has 0 heterocycles. The Morgan fingerprint density at radius 3 is 2.76 bits per heavy atom. The summed E-state index contributed by atoms with van der Waals surface area (Å²) in [5, 5.41) is 8.71. The highest BCUT2D eigenvalue weighted by Gasteiger charge is 2.16. The van der Waals surface area contributed by atoms with Gasteiger partial charge in [-0.25, -0.2) is 13.1 Å². The fourth-order valence-corrected chi connectivity index (χ4v) is 2.79. The summed E-state index contributed by atoms with van der Waals surface area (Å²) in [5.74, 6) is 5.09. The van der Waals surface area contributed by atoms with E-state index in [9.17, 15) is 8.42 Å². The molecule has 0 saturated heterocycles. The van der Waals surface area contributed by atoms with E-state index in [2.05, 4.69) is 23.5 Å². The number of aliphatic hydroxyl groups is 1. The maximum absolute atomic E-state index is 12.2. The molecule has 5 nitrogen and oxygen atoms in total. The lowest BCUT2D eigenvalue weighted by Crippen LogP contribution is -2.28. The number of benzene rings is 1. The van der Waals surface area contributed by atoms with Crippen molar-refractivity contribution in [2.24, 2.45) is 0 Å². The minimum atomic E-state index is -3.63. The molecule has 0 bridgehead atoms. The van der Waals surface area contributed by atoms with Crippen molar-refractivity contribution < 1.29 is 18.3 Å². The molecule has 0 aliphatic carbocycles. The molecule has 0 aliphatic heterocycles. The summed E-state index contributed by atoms with van der Waals surface area (Å²) in [6.07, 6.45) is 2.01. The van der Waals surface area contributed by atoms with Crippen LogP contribution in [0.15, 0.2) is 29.2 Å². The van der Waals surface area contributed by atoms with Crippen molar-refractivity contribution in [2.75, 3.05) is 26.4 Å². The summed E-state index contributed by atoms with van der Waals surface area (Å²) in [7, 11) is -3.63. The number of aliphatic hydroxyl groups excluding tert-OH is 1. The molecule has 2 N–H and O–H groups in total. The largest absolute Gasteiger partial charge is 0.384 e. The van der Waals surface area contributed by atoms with Crippen LogP contribution in [0.25, 0.3) is 0 Å². The van der Waals surface area contributed by atoms with Gasteiger partial charge in [0.25, 0.3) is 0 Å². The zero-order valence-corrected chi connectivity index (χ0v) is 12.9. The summed E-state index contributed by atoms with van der Waals surface area (Å²) in [5.41, 5.74) is 0.367. The van der Waals surface area contributed by atoms with Crippen LogP contribution >= 0.6 is 0 Å².